The van der Waals surface area contributed by atoms with Crippen LogP contribution in [0.15, 0.2) is 36.0 Å². The summed E-state index contributed by atoms with van der Waals surface area (Å²) < 4.78 is 0. The van der Waals surface area contributed by atoms with Crippen LogP contribution in [0.2, 0.25) is 0 Å². The van der Waals surface area contributed by atoms with Crippen molar-refractivity contribution < 1.29 is 19.5 Å². The highest BCUT2D eigenvalue weighted by Crippen LogP contribution is 2.25. The summed E-state index contributed by atoms with van der Waals surface area (Å²) in [5.41, 5.74) is 12.7. The second-order valence-electron chi connectivity index (χ2n) is 8.59. The normalized spacial score (nSPS) is 17.9. The van der Waals surface area contributed by atoms with E-state index in [1.165, 1.54) is 4.90 Å². The lowest BCUT2D eigenvalue weighted by molar-refractivity contribution is -0.144. The monoisotopic (exact) mass is 449 g/mol. The minimum atomic E-state index is -0.831. The van der Waals surface area contributed by atoms with E-state index in [1.54, 1.807) is 11.9 Å². The molecule has 6 N–H and O–H groups in total. The van der Waals surface area contributed by atoms with Gasteiger partial charge in [-0.3, -0.25) is 9.59 Å². The Balaban J connectivity index is 3.04. The molecule has 32 heavy (non-hydrogen) atoms. The zero-order chi connectivity index (χ0) is 24.3. The van der Waals surface area contributed by atoms with Crippen LogP contribution in [0, 0.1) is 5.92 Å². The van der Waals surface area contributed by atoms with E-state index in [4.69, 9.17) is 11.5 Å². The number of aliphatic hydroxyl groups excluding tert-OH is 1. The summed E-state index contributed by atoms with van der Waals surface area (Å²) in [6, 6.07) is -1.63. The number of carbonyl (C=O) groups is 3. The Labute approximate surface area is 191 Å². The zero-order valence-electron chi connectivity index (χ0n) is 19.5. The Kier molecular flexibility index (Phi) is 11.7. The van der Waals surface area contributed by atoms with Crippen LogP contribution in [-0.4, -0.2) is 71.7 Å². The molecule has 9 heteroatoms. The van der Waals surface area contributed by atoms with Crippen LogP contribution in [0.5, 0.6) is 0 Å². The van der Waals surface area contributed by atoms with Gasteiger partial charge >= 0.3 is 6.03 Å². The molecule has 0 aliphatic heterocycles. The van der Waals surface area contributed by atoms with Crippen molar-refractivity contribution in [1.29, 1.82) is 0 Å². The highest BCUT2D eigenvalue weighted by atomic mass is 16.3. The third-order valence-corrected chi connectivity index (χ3v) is 5.42. The summed E-state index contributed by atoms with van der Waals surface area (Å²) in [5, 5.41) is 12.2. The van der Waals surface area contributed by atoms with Crippen molar-refractivity contribution in [1.82, 2.24) is 15.1 Å². The number of nitrogens with zero attached hydrogens (tertiary/aromatic N) is 2. The van der Waals surface area contributed by atoms with E-state index < -0.39 is 18.0 Å². The predicted octanol–water partition coefficient (Wildman–Crippen LogP) is 1.25. The molecule has 9 nitrogen and oxygen atoms in total. The predicted molar refractivity (Wildman–Crippen MR) is 125 cm³/mol. The number of nitrogens with two attached hydrogens (primary N) is 2. The highest BCUT2D eigenvalue weighted by molar-refractivity contribution is 5.88. The van der Waals surface area contributed by atoms with Gasteiger partial charge in [0.05, 0.1) is 19.3 Å². The number of nitrogens with one attached hydrogen (secondary N) is 1. The fourth-order valence-corrected chi connectivity index (χ4v) is 3.68. The van der Waals surface area contributed by atoms with Crippen molar-refractivity contribution in [2.75, 3.05) is 26.8 Å². The van der Waals surface area contributed by atoms with E-state index >= 15 is 0 Å². The van der Waals surface area contributed by atoms with Gasteiger partial charge in [-0.05, 0) is 44.9 Å². The molecule has 0 heterocycles. The van der Waals surface area contributed by atoms with E-state index in [1.807, 2.05) is 32.1 Å². The van der Waals surface area contributed by atoms with Crippen molar-refractivity contribution in [3.8, 4) is 0 Å². The first-order valence-corrected chi connectivity index (χ1v) is 11.0. The molecular weight excluding hydrogens is 410 g/mol. The maximum Gasteiger partial charge on any atom is 0.313 e. The van der Waals surface area contributed by atoms with Gasteiger partial charge in [-0.1, -0.05) is 42.9 Å². The highest BCUT2D eigenvalue weighted by Gasteiger charge is 2.33. The van der Waals surface area contributed by atoms with Crippen molar-refractivity contribution in [2.45, 2.75) is 58.1 Å². The first-order chi connectivity index (χ1) is 15.0. The summed E-state index contributed by atoms with van der Waals surface area (Å²) in [6.07, 6.45) is 8.38. The number of aliphatic hydroxyl groups is 1. The zero-order valence-corrected chi connectivity index (χ0v) is 19.5. The molecule has 0 aromatic carbocycles. The average Bonchev–Trinajstić information content (AvgIpc) is 2.73. The van der Waals surface area contributed by atoms with Gasteiger partial charge in [0.25, 0.3) is 0 Å². The van der Waals surface area contributed by atoms with Gasteiger partial charge in [-0.2, -0.15) is 0 Å². The number of rotatable bonds is 12. The SMILES string of the molecule is C=C(C)/C=C\CC(C)CN(C)C(=O)[C@H](CC1=CCC(O)CC1)N(CNC(N)=O)C(=O)CN. The first kappa shape index (κ1) is 27.4. The average molecular weight is 450 g/mol. The minimum Gasteiger partial charge on any atom is -0.393 e. The summed E-state index contributed by atoms with van der Waals surface area (Å²) in [4.78, 5) is 40.2. The van der Waals surface area contributed by atoms with Crippen LogP contribution in [-0.2, 0) is 9.59 Å². The third kappa shape index (κ3) is 9.65. The van der Waals surface area contributed by atoms with Crippen LogP contribution in [0.25, 0.3) is 0 Å². The van der Waals surface area contributed by atoms with E-state index in [9.17, 15) is 19.5 Å². The van der Waals surface area contributed by atoms with E-state index in [2.05, 4.69) is 11.9 Å². The smallest absolute Gasteiger partial charge is 0.313 e. The Morgan fingerprint density at radius 1 is 1.41 bits per heavy atom. The van der Waals surface area contributed by atoms with Crippen LogP contribution in [0.3, 0.4) is 0 Å². The van der Waals surface area contributed by atoms with E-state index in [0.717, 1.165) is 17.6 Å². The molecule has 0 radical (unpaired) electrons. The van der Waals surface area contributed by atoms with Gasteiger partial charge in [-0.15, -0.1) is 0 Å². The molecular formula is C23H39N5O4. The summed E-state index contributed by atoms with van der Waals surface area (Å²) in [5.74, 6) is -0.494. The summed E-state index contributed by atoms with van der Waals surface area (Å²) >= 11 is 0. The van der Waals surface area contributed by atoms with Gasteiger partial charge in [0, 0.05) is 13.6 Å². The van der Waals surface area contributed by atoms with Crippen LogP contribution in [0.1, 0.15) is 46.0 Å². The van der Waals surface area contributed by atoms with Crippen molar-refractivity contribution in [3.63, 3.8) is 0 Å². The fourth-order valence-electron chi connectivity index (χ4n) is 3.68. The first-order valence-electron chi connectivity index (χ1n) is 11.0. The van der Waals surface area contributed by atoms with Crippen LogP contribution >= 0.6 is 0 Å². The number of hydrogen-bond acceptors (Lipinski definition) is 5. The van der Waals surface area contributed by atoms with E-state index in [-0.39, 0.29) is 31.1 Å². The minimum absolute atomic E-state index is 0.201. The maximum atomic E-state index is 13.4. The van der Waals surface area contributed by atoms with Crippen LogP contribution in [0.4, 0.5) is 4.79 Å². The number of hydrogen-bond donors (Lipinski definition) is 4. The molecule has 2 unspecified atom stereocenters. The maximum absolute atomic E-state index is 13.4. The standard InChI is InChI=1S/C23H39N5O4/c1-16(2)6-5-7-17(3)14-27(4)22(31)20(12-18-8-10-19(29)11-9-18)28(21(30)13-24)15-26-23(25)32/h5-6,8,17,19-20,29H,1,7,9-15,24H2,2-4H3,(H3,25,26,32)/b6-5-/t17?,19?,20-/m0/s1. The molecule has 3 atom stereocenters. The second-order valence-corrected chi connectivity index (χ2v) is 8.59. The van der Waals surface area contributed by atoms with Crippen molar-refractivity contribution in [3.05, 3.63) is 36.0 Å². The Bertz CT molecular complexity index is 734. The van der Waals surface area contributed by atoms with Gasteiger partial charge in [0.1, 0.15) is 6.04 Å². The molecule has 0 fully saturated rings. The number of allylic oxidation sites excluding steroid dienone is 3. The molecule has 1 aliphatic carbocycles. The topological polar surface area (TPSA) is 142 Å². The summed E-state index contributed by atoms with van der Waals surface area (Å²) in [6.45, 7) is 7.80. The largest absolute Gasteiger partial charge is 0.393 e. The molecule has 1 rings (SSSR count). The molecule has 0 saturated carbocycles. The Morgan fingerprint density at radius 2 is 2.09 bits per heavy atom. The molecule has 180 valence electrons. The summed E-state index contributed by atoms with van der Waals surface area (Å²) in [7, 11) is 1.71. The number of amides is 4. The molecule has 0 bridgehead atoms. The molecule has 0 aromatic heterocycles. The van der Waals surface area contributed by atoms with Gasteiger partial charge in [0.2, 0.25) is 11.8 Å². The quantitative estimate of drug-likeness (QED) is 0.201. The number of primary amides is 1. The van der Waals surface area contributed by atoms with Crippen molar-refractivity contribution in [2.24, 2.45) is 17.4 Å². The van der Waals surface area contributed by atoms with Crippen LogP contribution < -0.4 is 16.8 Å². The molecule has 0 spiro atoms. The molecule has 0 saturated heterocycles. The lowest BCUT2D eigenvalue weighted by Gasteiger charge is -2.35. The molecule has 4 amide bonds. The number of urea groups is 1. The molecule has 0 aromatic rings. The lowest BCUT2D eigenvalue weighted by atomic mass is 9.91. The Hall–Kier alpha value is -2.65. The number of likely N-dealkylation sites (N-methyl/N-ethyl adjacent to an activating group) is 1. The van der Waals surface area contributed by atoms with Gasteiger partial charge in [-0.25, -0.2) is 4.79 Å². The van der Waals surface area contributed by atoms with E-state index in [0.29, 0.717) is 32.2 Å². The fraction of sp³-hybridized carbons (Fsp3) is 0.609. The molecule has 1 aliphatic rings. The Morgan fingerprint density at radius 3 is 2.62 bits per heavy atom. The third-order valence-electron chi connectivity index (χ3n) is 5.42. The van der Waals surface area contributed by atoms with Crippen molar-refractivity contribution >= 4 is 17.8 Å². The van der Waals surface area contributed by atoms with Gasteiger partial charge < -0.3 is 31.7 Å². The number of carbonyl (C=O) groups excluding carboxylic acids is 3. The lowest BCUT2D eigenvalue weighted by Crippen LogP contribution is -2.56. The van der Waals surface area contributed by atoms with Gasteiger partial charge in [0.15, 0.2) is 0 Å². The second kappa shape index (κ2) is 13.7.